The van der Waals surface area contributed by atoms with E-state index < -0.39 is 0 Å². The molecular weight excluding hydrogens is 332 g/mol. The summed E-state index contributed by atoms with van der Waals surface area (Å²) in [6.07, 6.45) is 0.692. The SMILES string of the molecule is CC(c1nc(Cc2cccc(Br)c2)no1)N1CCNCC1. The maximum absolute atomic E-state index is 5.45. The molecule has 3 rings (SSSR count). The van der Waals surface area contributed by atoms with Gasteiger partial charge in [-0.1, -0.05) is 33.2 Å². The largest absolute Gasteiger partial charge is 0.338 e. The fourth-order valence-electron chi connectivity index (χ4n) is 2.56. The topological polar surface area (TPSA) is 54.2 Å². The maximum atomic E-state index is 5.45. The van der Waals surface area contributed by atoms with Gasteiger partial charge in [-0.2, -0.15) is 4.98 Å². The molecule has 0 saturated carbocycles. The minimum atomic E-state index is 0.177. The van der Waals surface area contributed by atoms with Crippen molar-refractivity contribution in [1.82, 2.24) is 20.4 Å². The molecule has 1 aromatic heterocycles. The second-order valence-electron chi connectivity index (χ2n) is 5.32. The number of nitrogens with zero attached hydrogens (tertiary/aromatic N) is 3. The Morgan fingerprint density at radius 3 is 2.95 bits per heavy atom. The number of rotatable bonds is 4. The fourth-order valence-corrected chi connectivity index (χ4v) is 3.01. The number of aromatic nitrogens is 2. The molecule has 1 aliphatic rings. The predicted molar refractivity (Wildman–Crippen MR) is 84.1 cm³/mol. The van der Waals surface area contributed by atoms with Gasteiger partial charge >= 0.3 is 0 Å². The highest BCUT2D eigenvalue weighted by atomic mass is 79.9. The third kappa shape index (κ3) is 3.70. The normalized spacial score (nSPS) is 17.8. The highest BCUT2D eigenvalue weighted by Gasteiger charge is 2.22. The van der Waals surface area contributed by atoms with Gasteiger partial charge < -0.3 is 9.84 Å². The lowest BCUT2D eigenvalue weighted by molar-refractivity contribution is 0.154. The summed E-state index contributed by atoms with van der Waals surface area (Å²) < 4.78 is 6.51. The van der Waals surface area contributed by atoms with Crippen LogP contribution in [0.1, 0.15) is 30.2 Å². The number of nitrogens with one attached hydrogen (secondary N) is 1. The minimum absolute atomic E-state index is 0.177. The highest BCUT2D eigenvalue weighted by Crippen LogP contribution is 2.20. The van der Waals surface area contributed by atoms with E-state index in [4.69, 9.17) is 4.52 Å². The Hall–Kier alpha value is -1.24. The summed E-state index contributed by atoms with van der Waals surface area (Å²) in [5.74, 6) is 1.45. The van der Waals surface area contributed by atoms with Gasteiger partial charge in [-0.25, -0.2) is 0 Å². The van der Waals surface area contributed by atoms with Gasteiger partial charge in [0.2, 0.25) is 5.89 Å². The summed E-state index contributed by atoms with van der Waals surface area (Å²) in [6.45, 7) is 6.20. The van der Waals surface area contributed by atoms with Crippen LogP contribution in [0.25, 0.3) is 0 Å². The van der Waals surface area contributed by atoms with Gasteiger partial charge in [-0.15, -0.1) is 0 Å². The Bertz CT molecular complexity index is 595. The molecule has 1 atom stereocenters. The molecule has 0 bridgehead atoms. The van der Waals surface area contributed by atoms with Crippen molar-refractivity contribution in [2.75, 3.05) is 26.2 Å². The first-order valence-electron chi connectivity index (χ1n) is 7.24. The zero-order chi connectivity index (χ0) is 14.7. The molecule has 0 spiro atoms. The van der Waals surface area contributed by atoms with E-state index in [1.54, 1.807) is 0 Å². The van der Waals surface area contributed by atoms with Crippen molar-refractivity contribution in [3.8, 4) is 0 Å². The standard InChI is InChI=1S/C15H19BrN4O/c1-11(20-7-5-17-6-8-20)15-18-14(19-21-15)10-12-3-2-4-13(16)9-12/h2-4,9,11,17H,5-8,10H2,1H3. The van der Waals surface area contributed by atoms with Crippen LogP contribution in [0.5, 0.6) is 0 Å². The van der Waals surface area contributed by atoms with Gasteiger partial charge in [0.25, 0.3) is 0 Å². The van der Waals surface area contributed by atoms with Gasteiger partial charge in [0.05, 0.1) is 6.04 Å². The molecule has 6 heteroatoms. The van der Waals surface area contributed by atoms with E-state index in [1.165, 1.54) is 5.56 Å². The molecule has 2 heterocycles. The van der Waals surface area contributed by atoms with Crippen LogP contribution in [0.4, 0.5) is 0 Å². The summed E-state index contributed by atoms with van der Waals surface area (Å²) in [4.78, 5) is 6.92. The third-order valence-corrected chi connectivity index (χ3v) is 4.29. The average molecular weight is 351 g/mol. The van der Waals surface area contributed by atoms with Crippen molar-refractivity contribution >= 4 is 15.9 Å². The van der Waals surface area contributed by atoms with E-state index in [9.17, 15) is 0 Å². The second kappa shape index (κ2) is 6.68. The molecule has 2 aromatic rings. The first-order valence-corrected chi connectivity index (χ1v) is 8.03. The molecule has 0 amide bonds. The van der Waals surface area contributed by atoms with E-state index in [-0.39, 0.29) is 6.04 Å². The Balaban J connectivity index is 1.68. The molecular formula is C15H19BrN4O. The molecule has 1 N–H and O–H groups in total. The predicted octanol–water partition coefficient (Wildman–Crippen LogP) is 2.39. The van der Waals surface area contributed by atoms with Crippen LogP contribution in [0.3, 0.4) is 0 Å². The first-order chi connectivity index (χ1) is 10.2. The number of benzene rings is 1. The minimum Gasteiger partial charge on any atom is -0.338 e. The third-order valence-electron chi connectivity index (χ3n) is 3.79. The second-order valence-corrected chi connectivity index (χ2v) is 6.23. The van der Waals surface area contributed by atoms with Crippen LogP contribution in [0, 0.1) is 0 Å². The summed E-state index contributed by atoms with van der Waals surface area (Å²) in [5.41, 5.74) is 1.17. The Morgan fingerprint density at radius 2 is 2.19 bits per heavy atom. The summed E-state index contributed by atoms with van der Waals surface area (Å²) >= 11 is 3.48. The molecule has 112 valence electrons. The van der Waals surface area contributed by atoms with Crippen molar-refractivity contribution in [3.05, 3.63) is 46.0 Å². The molecule has 0 aliphatic carbocycles. The van der Waals surface area contributed by atoms with Gasteiger partial charge in [0.1, 0.15) is 0 Å². The molecule has 21 heavy (non-hydrogen) atoms. The number of piperazine rings is 1. The lowest BCUT2D eigenvalue weighted by Crippen LogP contribution is -2.44. The van der Waals surface area contributed by atoms with Crippen LogP contribution in [0.2, 0.25) is 0 Å². The first kappa shape index (κ1) is 14.7. The zero-order valence-corrected chi connectivity index (χ0v) is 13.6. The Labute approximate surface area is 132 Å². The van der Waals surface area contributed by atoms with Crippen molar-refractivity contribution in [3.63, 3.8) is 0 Å². The zero-order valence-electron chi connectivity index (χ0n) is 12.1. The lowest BCUT2D eigenvalue weighted by atomic mass is 10.1. The highest BCUT2D eigenvalue weighted by molar-refractivity contribution is 9.10. The van der Waals surface area contributed by atoms with E-state index in [0.29, 0.717) is 12.3 Å². The van der Waals surface area contributed by atoms with E-state index in [2.05, 4.69) is 55.3 Å². The van der Waals surface area contributed by atoms with Crippen LogP contribution < -0.4 is 5.32 Å². The van der Waals surface area contributed by atoms with Gasteiger partial charge in [0, 0.05) is 37.1 Å². The van der Waals surface area contributed by atoms with E-state index in [0.717, 1.165) is 36.5 Å². The summed E-state index contributed by atoms with van der Waals surface area (Å²) in [6, 6.07) is 8.35. The smallest absolute Gasteiger partial charge is 0.243 e. The monoisotopic (exact) mass is 350 g/mol. The van der Waals surface area contributed by atoms with Gasteiger partial charge in [0.15, 0.2) is 5.82 Å². The van der Waals surface area contributed by atoms with Crippen LogP contribution in [-0.4, -0.2) is 41.2 Å². The van der Waals surface area contributed by atoms with Gasteiger partial charge in [-0.3, -0.25) is 4.90 Å². The number of hydrogen-bond donors (Lipinski definition) is 1. The van der Waals surface area contributed by atoms with Crippen molar-refractivity contribution in [2.24, 2.45) is 0 Å². The van der Waals surface area contributed by atoms with E-state index >= 15 is 0 Å². The van der Waals surface area contributed by atoms with Crippen LogP contribution in [-0.2, 0) is 6.42 Å². The molecule has 1 aliphatic heterocycles. The molecule has 1 saturated heterocycles. The number of hydrogen-bond acceptors (Lipinski definition) is 5. The van der Waals surface area contributed by atoms with Crippen LogP contribution >= 0.6 is 15.9 Å². The van der Waals surface area contributed by atoms with E-state index in [1.807, 2.05) is 12.1 Å². The maximum Gasteiger partial charge on any atom is 0.243 e. The Morgan fingerprint density at radius 1 is 1.38 bits per heavy atom. The quantitative estimate of drug-likeness (QED) is 0.917. The van der Waals surface area contributed by atoms with Crippen molar-refractivity contribution in [2.45, 2.75) is 19.4 Å². The van der Waals surface area contributed by atoms with Crippen molar-refractivity contribution < 1.29 is 4.52 Å². The fraction of sp³-hybridized carbons (Fsp3) is 0.467. The molecule has 0 radical (unpaired) electrons. The van der Waals surface area contributed by atoms with Crippen molar-refractivity contribution in [1.29, 1.82) is 0 Å². The summed E-state index contributed by atoms with van der Waals surface area (Å²) in [7, 11) is 0. The van der Waals surface area contributed by atoms with Crippen LogP contribution in [0.15, 0.2) is 33.3 Å². The van der Waals surface area contributed by atoms with Gasteiger partial charge in [-0.05, 0) is 24.6 Å². The lowest BCUT2D eigenvalue weighted by Gasteiger charge is -2.30. The molecule has 1 unspecified atom stereocenters. The molecule has 1 aromatic carbocycles. The summed E-state index contributed by atoms with van der Waals surface area (Å²) in [5, 5.41) is 7.46. The molecule has 5 nitrogen and oxygen atoms in total. The average Bonchev–Trinajstić information content (AvgIpc) is 2.96. The Kier molecular flexibility index (Phi) is 4.67. The number of halogens is 1. The molecule has 1 fully saturated rings.